The maximum absolute atomic E-state index is 11.8. The topological polar surface area (TPSA) is 74.7 Å². The lowest BCUT2D eigenvalue weighted by molar-refractivity contribution is -0.143. The molecule has 1 aromatic heterocycles. The molecule has 2 aliphatic rings. The zero-order valence-electron chi connectivity index (χ0n) is 18.3. The van der Waals surface area contributed by atoms with Crippen molar-refractivity contribution in [3.05, 3.63) is 58.8 Å². The van der Waals surface area contributed by atoms with E-state index in [1.54, 1.807) is 0 Å². The van der Waals surface area contributed by atoms with Gasteiger partial charge in [0.25, 0.3) is 0 Å². The molecule has 31 heavy (non-hydrogen) atoms. The normalized spacial score (nSPS) is 19.6. The van der Waals surface area contributed by atoms with Gasteiger partial charge in [-0.3, -0.25) is 9.69 Å². The van der Waals surface area contributed by atoms with Crippen molar-refractivity contribution >= 4 is 11.8 Å². The number of aryl methyl sites for hydroxylation is 2. The first kappa shape index (κ1) is 21.8. The van der Waals surface area contributed by atoms with Gasteiger partial charge in [0, 0.05) is 31.9 Å². The van der Waals surface area contributed by atoms with Gasteiger partial charge in [-0.1, -0.05) is 30.3 Å². The quantitative estimate of drug-likeness (QED) is 0.594. The van der Waals surface area contributed by atoms with Crippen LogP contribution in [0.2, 0.25) is 0 Å². The number of likely N-dealkylation sites (tertiary alicyclic amines) is 1. The van der Waals surface area contributed by atoms with Crippen LogP contribution < -0.4 is 5.32 Å². The number of anilines is 1. The maximum atomic E-state index is 11.8. The Morgan fingerprint density at radius 2 is 2.16 bits per heavy atom. The van der Waals surface area contributed by atoms with Crippen molar-refractivity contribution in [1.82, 2.24) is 9.88 Å². The molecule has 2 atom stereocenters. The number of ether oxygens (including phenoxy) is 1. The van der Waals surface area contributed by atoms with Crippen LogP contribution in [0.3, 0.4) is 0 Å². The van der Waals surface area contributed by atoms with Gasteiger partial charge in [-0.2, -0.15) is 0 Å². The molecule has 2 aromatic rings. The molecule has 2 N–H and O–H groups in total. The molecule has 1 fully saturated rings. The molecule has 4 rings (SSSR count). The Labute approximate surface area is 184 Å². The molecule has 1 aromatic carbocycles. The molecule has 166 valence electrons. The van der Waals surface area contributed by atoms with Gasteiger partial charge < -0.3 is 15.2 Å². The van der Waals surface area contributed by atoms with Crippen molar-refractivity contribution in [2.75, 3.05) is 31.6 Å². The number of carboxylic acid groups (broad SMARTS) is 1. The zero-order valence-corrected chi connectivity index (χ0v) is 18.3. The Morgan fingerprint density at radius 3 is 2.97 bits per heavy atom. The molecular formula is C25H33N3O3. The van der Waals surface area contributed by atoms with Crippen LogP contribution in [-0.2, 0) is 22.4 Å². The lowest BCUT2D eigenvalue weighted by atomic mass is 10.0. The fourth-order valence-corrected chi connectivity index (χ4v) is 4.76. The van der Waals surface area contributed by atoms with Crippen LogP contribution >= 0.6 is 0 Å². The fraction of sp³-hybridized carbons (Fsp3) is 0.520. The highest BCUT2D eigenvalue weighted by Gasteiger charge is 2.33. The molecule has 0 amide bonds. The number of fused-ring (bicyclic) bond motifs is 1. The summed E-state index contributed by atoms with van der Waals surface area (Å²) in [6.07, 6.45) is 6.30. The number of rotatable bonds is 9. The standard InChI is InChI=1S/C25H33N3O3/c1-18-16-20(27-24-22(18)11-7-13-26-24)10-5-6-15-31-21-12-14-28(17-21)23(25(29)30)19-8-3-2-4-9-19/h2-4,8-9,16,21,23H,5-7,10-15,17H2,1H3,(H,26,27)(H,29,30)/t21-,23-/m1/s1. The Bertz CT molecular complexity index is 887. The summed E-state index contributed by atoms with van der Waals surface area (Å²) in [6.45, 7) is 5.34. The second kappa shape index (κ2) is 10.2. The Kier molecular flexibility index (Phi) is 7.20. The van der Waals surface area contributed by atoms with Gasteiger partial charge in [0.15, 0.2) is 0 Å². The van der Waals surface area contributed by atoms with E-state index in [9.17, 15) is 9.90 Å². The monoisotopic (exact) mass is 423 g/mol. The lowest BCUT2D eigenvalue weighted by Crippen LogP contribution is -2.33. The molecule has 0 spiro atoms. The van der Waals surface area contributed by atoms with Gasteiger partial charge in [0.05, 0.1) is 6.10 Å². The minimum absolute atomic E-state index is 0.110. The van der Waals surface area contributed by atoms with Crippen LogP contribution in [-0.4, -0.2) is 53.3 Å². The molecule has 6 nitrogen and oxygen atoms in total. The molecule has 3 heterocycles. The lowest BCUT2D eigenvalue weighted by Gasteiger charge is -2.24. The van der Waals surface area contributed by atoms with Gasteiger partial charge in [-0.05, 0) is 68.2 Å². The molecule has 1 saturated heterocycles. The first-order valence-electron chi connectivity index (χ1n) is 11.5. The number of pyridine rings is 1. The summed E-state index contributed by atoms with van der Waals surface area (Å²) >= 11 is 0. The summed E-state index contributed by atoms with van der Waals surface area (Å²) < 4.78 is 6.08. The minimum Gasteiger partial charge on any atom is -0.480 e. The number of hydrogen-bond donors (Lipinski definition) is 2. The van der Waals surface area contributed by atoms with E-state index in [1.165, 1.54) is 17.5 Å². The highest BCUT2D eigenvalue weighted by Crippen LogP contribution is 2.27. The van der Waals surface area contributed by atoms with Crippen LogP contribution in [0, 0.1) is 6.92 Å². The molecule has 2 aliphatic heterocycles. The molecular weight excluding hydrogens is 390 g/mol. The highest BCUT2D eigenvalue weighted by atomic mass is 16.5. The maximum Gasteiger partial charge on any atom is 0.325 e. The number of carboxylic acids is 1. The summed E-state index contributed by atoms with van der Waals surface area (Å²) in [4.78, 5) is 18.7. The van der Waals surface area contributed by atoms with E-state index in [0.29, 0.717) is 13.2 Å². The second-order valence-electron chi connectivity index (χ2n) is 8.67. The Balaban J connectivity index is 1.21. The molecule has 0 unspecified atom stereocenters. The average Bonchev–Trinajstić information content (AvgIpc) is 3.22. The number of benzene rings is 1. The van der Waals surface area contributed by atoms with Crippen molar-refractivity contribution in [2.24, 2.45) is 0 Å². The minimum atomic E-state index is -0.797. The van der Waals surface area contributed by atoms with Gasteiger partial charge in [-0.25, -0.2) is 4.98 Å². The molecule has 6 heteroatoms. The number of nitrogens with one attached hydrogen (secondary N) is 1. The van der Waals surface area contributed by atoms with Gasteiger partial charge >= 0.3 is 5.97 Å². The third-order valence-electron chi connectivity index (χ3n) is 6.37. The van der Waals surface area contributed by atoms with Crippen molar-refractivity contribution in [1.29, 1.82) is 0 Å². The van der Waals surface area contributed by atoms with Crippen molar-refractivity contribution in [3.8, 4) is 0 Å². The SMILES string of the molecule is Cc1cc(CCCCO[C@@H]2CCN([C@@H](C(=O)O)c3ccccc3)C2)nc2c1CCCN2. The van der Waals surface area contributed by atoms with Crippen LogP contribution in [0.1, 0.15) is 54.1 Å². The van der Waals surface area contributed by atoms with Crippen LogP contribution in [0.15, 0.2) is 36.4 Å². The van der Waals surface area contributed by atoms with E-state index in [4.69, 9.17) is 9.72 Å². The van der Waals surface area contributed by atoms with Crippen molar-refractivity contribution in [3.63, 3.8) is 0 Å². The van der Waals surface area contributed by atoms with E-state index in [1.807, 2.05) is 35.2 Å². The van der Waals surface area contributed by atoms with Crippen LogP contribution in [0.4, 0.5) is 5.82 Å². The second-order valence-corrected chi connectivity index (χ2v) is 8.67. The summed E-state index contributed by atoms with van der Waals surface area (Å²) in [6, 6.07) is 11.1. The van der Waals surface area contributed by atoms with E-state index < -0.39 is 12.0 Å². The summed E-state index contributed by atoms with van der Waals surface area (Å²) in [5.41, 5.74) is 4.71. The summed E-state index contributed by atoms with van der Waals surface area (Å²) in [7, 11) is 0. The third-order valence-corrected chi connectivity index (χ3v) is 6.37. The first-order chi connectivity index (χ1) is 15.1. The Morgan fingerprint density at radius 1 is 1.32 bits per heavy atom. The molecule has 0 saturated carbocycles. The molecule has 0 bridgehead atoms. The highest BCUT2D eigenvalue weighted by molar-refractivity contribution is 5.75. The zero-order chi connectivity index (χ0) is 21.6. The number of carbonyl (C=O) groups is 1. The number of hydrogen-bond acceptors (Lipinski definition) is 5. The van der Waals surface area contributed by atoms with E-state index in [0.717, 1.165) is 62.3 Å². The Hall–Kier alpha value is -2.44. The third kappa shape index (κ3) is 5.43. The van der Waals surface area contributed by atoms with E-state index in [-0.39, 0.29) is 6.10 Å². The predicted molar refractivity (Wildman–Crippen MR) is 121 cm³/mol. The smallest absolute Gasteiger partial charge is 0.325 e. The van der Waals surface area contributed by atoms with Crippen molar-refractivity contribution in [2.45, 2.75) is 57.6 Å². The van der Waals surface area contributed by atoms with E-state index in [2.05, 4.69) is 18.3 Å². The number of unbranched alkanes of at least 4 members (excludes halogenated alkanes) is 1. The summed E-state index contributed by atoms with van der Waals surface area (Å²) in [5, 5.41) is 13.2. The van der Waals surface area contributed by atoms with Gasteiger partial charge in [-0.15, -0.1) is 0 Å². The van der Waals surface area contributed by atoms with Crippen LogP contribution in [0.25, 0.3) is 0 Å². The van der Waals surface area contributed by atoms with Crippen LogP contribution in [0.5, 0.6) is 0 Å². The molecule has 0 radical (unpaired) electrons. The van der Waals surface area contributed by atoms with Gasteiger partial charge in [0.1, 0.15) is 11.9 Å². The first-order valence-corrected chi connectivity index (χ1v) is 11.5. The molecule has 0 aliphatic carbocycles. The number of nitrogens with zero attached hydrogens (tertiary/aromatic N) is 2. The van der Waals surface area contributed by atoms with Crippen molar-refractivity contribution < 1.29 is 14.6 Å². The number of aliphatic carboxylic acids is 1. The van der Waals surface area contributed by atoms with Gasteiger partial charge in [0.2, 0.25) is 0 Å². The summed E-state index contributed by atoms with van der Waals surface area (Å²) in [5.74, 6) is 0.282. The largest absolute Gasteiger partial charge is 0.480 e. The average molecular weight is 424 g/mol. The predicted octanol–water partition coefficient (Wildman–Crippen LogP) is 3.99. The fourth-order valence-electron chi connectivity index (χ4n) is 4.76. The van der Waals surface area contributed by atoms with E-state index >= 15 is 0 Å². The number of aromatic nitrogens is 1.